The number of nitrogens with one attached hydrogen (secondary N) is 1. The van der Waals surface area contributed by atoms with Crippen LogP contribution in [0.1, 0.15) is 5.56 Å². The maximum absolute atomic E-state index is 12.2. The zero-order chi connectivity index (χ0) is 16.5. The number of amides is 1. The number of hydrogen-bond donors (Lipinski definition) is 1. The summed E-state index contributed by atoms with van der Waals surface area (Å²) in [5, 5.41) is 11.8. The van der Waals surface area contributed by atoms with E-state index >= 15 is 0 Å². The van der Waals surface area contributed by atoms with E-state index in [0.29, 0.717) is 23.7 Å². The highest BCUT2D eigenvalue weighted by Crippen LogP contribution is 2.21. The zero-order valence-corrected chi connectivity index (χ0v) is 12.4. The van der Waals surface area contributed by atoms with Gasteiger partial charge in [0.2, 0.25) is 0 Å². The van der Waals surface area contributed by atoms with Gasteiger partial charge in [0.05, 0.1) is 0 Å². The lowest BCUT2D eigenvalue weighted by atomic mass is 10.1. The van der Waals surface area contributed by atoms with E-state index < -0.39 is 5.91 Å². The first-order valence-corrected chi connectivity index (χ1v) is 6.91. The molecule has 0 saturated heterocycles. The molecule has 0 atom stereocenters. The summed E-state index contributed by atoms with van der Waals surface area (Å²) in [6, 6.07) is 14.2. The molecule has 2 rings (SSSR count). The van der Waals surface area contributed by atoms with Gasteiger partial charge in [-0.25, -0.2) is 4.98 Å². The number of carbonyl (C=O) groups excluding carboxylic acids is 1. The highest BCUT2D eigenvalue weighted by atomic mass is 16.5. The van der Waals surface area contributed by atoms with Gasteiger partial charge in [-0.3, -0.25) is 4.79 Å². The van der Waals surface area contributed by atoms with E-state index in [9.17, 15) is 10.1 Å². The van der Waals surface area contributed by atoms with E-state index in [-0.39, 0.29) is 5.57 Å². The van der Waals surface area contributed by atoms with Gasteiger partial charge in [-0.2, -0.15) is 5.26 Å². The summed E-state index contributed by atoms with van der Waals surface area (Å²) in [5.74, 6) is 0.436. The first-order valence-electron chi connectivity index (χ1n) is 6.91. The van der Waals surface area contributed by atoms with Crippen LogP contribution in [-0.4, -0.2) is 17.5 Å². The number of aromatic nitrogens is 1. The van der Waals surface area contributed by atoms with Crippen molar-refractivity contribution in [2.45, 2.75) is 0 Å². The molecule has 23 heavy (non-hydrogen) atoms. The second-order valence-corrected chi connectivity index (χ2v) is 4.48. The average molecular weight is 305 g/mol. The lowest BCUT2D eigenvalue weighted by Gasteiger charge is -2.07. The zero-order valence-electron chi connectivity index (χ0n) is 12.4. The molecule has 0 aliphatic heterocycles. The van der Waals surface area contributed by atoms with Gasteiger partial charge in [0.1, 0.15) is 29.8 Å². The predicted molar refractivity (Wildman–Crippen MR) is 88.6 cm³/mol. The maximum atomic E-state index is 12.2. The van der Waals surface area contributed by atoms with Crippen molar-refractivity contribution in [3.05, 3.63) is 72.5 Å². The van der Waals surface area contributed by atoms with Crippen LogP contribution in [0.15, 0.2) is 66.9 Å². The molecule has 1 aromatic carbocycles. The third-order valence-electron chi connectivity index (χ3n) is 2.85. The number of benzene rings is 1. The number of rotatable bonds is 6. The Hall–Kier alpha value is -3.39. The van der Waals surface area contributed by atoms with Crippen molar-refractivity contribution in [3.8, 4) is 11.8 Å². The second kappa shape index (κ2) is 8.15. The molecule has 0 saturated carbocycles. The van der Waals surface area contributed by atoms with Gasteiger partial charge >= 0.3 is 0 Å². The van der Waals surface area contributed by atoms with Gasteiger partial charge in [0.15, 0.2) is 0 Å². The van der Waals surface area contributed by atoms with Crippen LogP contribution in [0.4, 0.5) is 5.82 Å². The number of nitrogens with zero attached hydrogens (tertiary/aromatic N) is 2. The van der Waals surface area contributed by atoms with Gasteiger partial charge in [-0.05, 0) is 24.3 Å². The molecule has 1 amide bonds. The molecule has 5 nitrogen and oxygen atoms in total. The first kappa shape index (κ1) is 16.0. The summed E-state index contributed by atoms with van der Waals surface area (Å²) in [7, 11) is 0. The molecule has 0 spiro atoms. The van der Waals surface area contributed by atoms with E-state index in [1.807, 2.05) is 12.1 Å². The molecule has 1 heterocycles. The molecule has 0 aliphatic rings. The van der Waals surface area contributed by atoms with Crippen molar-refractivity contribution in [3.63, 3.8) is 0 Å². The quantitative estimate of drug-likeness (QED) is 0.505. The highest BCUT2D eigenvalue weighted by Gasteiger charge is 2.11. The minimum atomic E-state index is -0.523. The van der Waals surface area contributed by atoms with Crippen LogP contribution in [0.2, 0.25) is 0 Å². The van der Waals surface area contributed by atoms with Crippen LogP contribution in [0.5, 0.6) is 5.75 Å². The normalized spacial score (nSPS) is 10.5. The summed E-state index contributed by atoms with van der Waals surface area (Å²) in [4.78, 5) is 16.2. The molecular weight excluding hydrogens is 290 g/mol. The van der Waals surface area contributed by atoms with Crippen LogP contribution >= 0.6 is 0 Å². The minimum absolute atomic E-state index is 0.0368. The summed E-state index contributed by atoms with van der Waals surface area (Å²) < 4.78 is 5.51. The number of pyridine rings is 1. The minimum Gasteiger partial charge on any atom is -0.489 e. The largest absolute Gasteiger partial charge is 0.489 e. The van der Waals surface area contributed by atoms with Crippen LogP contribution in [0.3, 0.4) is 0 Å². The van der Waals surface area contributed by atoms with E-state index in [1.54, 1.807) is 48.7 Å². The number of anilines is 1. The molecule has 2 aromatic rings. The standard InChI is InChI=1S/C18H15N3O2/c1-2-11-23-16-8-4-3-7-14(16)12-15(13-19)18(22)21-17-9-5-6-10-20-17/h2-10,12H,1,11H2,(H,20,21,22). The summed E-state index contributed by atoms with van der Waals surface area (Å²) in [6.07, 6.45) is 4.67. The number of carbonyl (C=O) groups is 1. The van der Waals surface area contributed by atoms with E-state index in [2.05, 4.69) is 16.9 Å². The van der Waals surface area contributed by atoms with Gasteiger partial charge < -0.3 is 10.1 Å². The van der Waals surface area contributed by atoms with Crippen molar-refractivity contribution in [2.75, 3.05) is 11.9 Å². The molecule has 0 bridgehead atoms. The Morgan fingerprint density at radius 2 is 2.09 bits per heavy atom. The topological polar surface area (TPSA) is 75.0 Å². The molecule has 0 fully saturated rings. The smallest absolute Gasteiger partial charge is 0.267 e. The monoisotopic (exact) mass is 305 g/mol. The Morgan fingerprint density at radius 1 is 1.30 bits per heavy atom. The van der Waals surface area contributed by atoms with E-state index in [0.717, 1.165) is 0 Å². The molecule has 5 heteroatoms. The summed E-state index contributed by atoms with van der Waals surface area (Å²) >= 11 is 0. The second-order valence-electron chi connectivity index (χ2n) is 4.48. The number of para-hydroxylation sites is 1. The molecule has 0 aliphatic carbocycles. The van der Waals surface area contributed by atoms with Gasteiger partial charge in [-0.1, -0.05) is 36.9 Å². The van der Waals surface area contributed by atoms with Gasteiger partial charge in [-0.15, -0.1) is 0 Å². The van der Waals surface area contributed by atoms with Gasteiger partial charge in [0, 0.05) is 11.8 Å². The lowest BCUT2D eigenvalue weighted by molar-refractivity contribution is -0.112. The summed E-state index contributed by atoms with van der Waals surface area (Å²) in [5.41, 5.74) is 0.604. The molecule has 114 valence electrons. The Bertz CT molecular complexity index is 761. The average Bonchev–Trinajstić information content (AvgIpc) is 2.59. The van der Waals surface area contributed by atoms with Crippen LogP contribution in [0, 0.1) is 11.3 Å². The predicted octanol–water partition coefficient (Wildman–Crippen LogP) is 3.19. The third kappa shape index (κ3) is 4.55. The number of nitriles is 1. The highest BCUT2D eigenvalue weighted by molar-refractivity contribution is 6.09. The fourth-order valence-electron chi connectivity index (χ4n) is 1.80. The molecule has 1 aromatic heterocycles. The molecule has 1 N–H and O–H groups in total. The Kier molecular flexibility index (Phi) is 5.67. The SMILES string of the molecule is C=CCOc1ccccc1C=C(C#N)C(=O)Nc1ccccn1. The van der Waals surface area contributed by atoms with Crippen molar-refractivity contribution < 1.29 is 9.53 Å². The number of ether oxygens (including phenoxy) is 1. The Balaban J connectivity index is 2.23. The fourth-order valence-corrected chi connectivity index (χ4v) is 1.80. The van der Waals surface area contributed by atoms with Crippen molar-refractivity contribution >= 4 is 17.8 Å². The van der Waals surface area contributed by atoms with Crippen LogP contribution in [-0.2, 0) is 4.79 Å². The third-order valence-corrected chi connectivity index (χ3v) is 2.85. The summed E-state index contributed by atoms with van der Waals surface area (Å²) in [6.45, 7) is 3.93. The lowest BCUT2D eigenvalue weighted by Crippen LogP contribution is -2.14. The molecule has 0 radical (unpaired) electrons. The number of hydrogen-bond acceptors (Lipinski definition) is 4. The van der Waals surface area contributed by atoms with E-state index in [4.69, 9.17) is 4.74 Å². The van der Waals surface area contributed by atoms with Crippen LogP contribution < -0.4 is 10.1 Å². The van der Waals surface area contributed by atoms with Gasteiger partial charge in [0.25, 0.3) is 5.91 Å². The van der Waals surface area contributed by atoms with E-state index in [1.165, 1.54) is 6.08 Å². The Morgan fingerprint density at radius 3 is 2.78 bits per heavy atom. The van der Waals surface area contributed by atoms with Crippen molar-refractivity contribution in [2.24, 2.45) is 0 Å². The fraction of sp³-hybridized carbons (Fsp3) is 0.0556. The molecule has 0 unspecified atom stereocenters. The maximum Gasteiger partial charge on any atom is 0.267 e. The molecular formula is C18H15N3O2. The van der Waals surface area contributed by atoms with Crippen molar-refractivity contribution in [1.29, 1.82) is 5.26 Å². The Labute approximate surface area is 134 Å². The first-order chi connectivity index (χ1) is 11.2. The van der Waals surface area contributed by atoms with Crippen molar-refractivity contribution in [1.82, 2.24) is 4.98 Å². The van der Waals surface area contributed by atoms with Crippen LogP contribution in [0.25, 0.3) is 6.08 Å².